The van der Waals surface area contributed by atoms with Gasteiger partial charge in [0, 0.05) is 18.2 Å². The molecule has 2 unspecified atom stereocenters. The number of carbonyl (C=O) groups is 1. The van der Waals surface area contributed by atoms with E-state index in [1.165, 1.54) is 0 Å². The smallest absolute Gasteiger partial charge is 0.254 e. The second-order valence-corrected chi connectivity index (χ2v) is 5.62. The molecule has 0 aromatic heterocycles. The number of amides is 1. The SMILES string of the molecule is CC1CCN(C(=O)c2ccc(Cl)c(N)c2)C(C)C1. The van der Waals surface area contributed by atoms with Crippen LogP contribution in [0.5, 0.6) is 0 Å². The Labute approximate surface area is 113 Å². The zero-order valence-corrected chi connectivity index (χ0v) is 11.6. The maximum absolute atomic E-state index is 12.4. The number of benzene rings is 1. The van der Waals surface area contributed by atoms with Gasteiger partial charge in [-0.05, 0) is 43.9 Å². The first-order chi connectivity index (χ1) is 8.49. The first-order valence-electron chi connectivity index (χ1n) is 6.35. The van der Waals surface area contributed by atoms with Crippen molar-refractivity contribution >= 4 is 23.2 Å². The van der Waals surface area contributed by atoms with E-state index in [1.807, 2.05) is 4.90 Å². The van der Waals surface area contributed by atoms with Gasteiger partial charge in [0.25, 0.3) is 5.91 Å². The molecule has 1 amide bonds. The molecule has 1 aromatic rings. The second-order valence-electron chi connectivity index (χ2n) is 5.21. The Kier molecular flexibility index (Phi) is 3.81. The third-order valence-electron chi connectivity index (χ3n) is 3.64. The van der Waals surface area contributed by atoms with E-state index in [9.17, 15) is 4.79 Å². The predicted octanol–water partition coefficient (Wildman–Crippen LogP) is 3.18. The van der Waals surface area contributed by atoms with Crippen molar-refractivity contribution in [1.82, 2.24) is 4.90 Å². The summed E-state index contributed by atoms with van der Waals surface area (Å²) in [6.07, 6.45) is 2.13. The molecule has 0 aliphatic carbocycles. The minimum atomic E-state index is 0.0535. The number of nitrogens with zero attached hydrogens (tertiary/aromatic N) is 1. The van der Waals surface area contributed by atoms with E-state index < -0.39 is 0 Å². The van der Waals surface area contributed by atoms with E-state index in [0.29, 0.717) is 22.2 Å². The molecule has 2 rings (SSSR count). The number of carbonyl (C=O) groups excluding carboxylic acids is 1. The van der Waals surface area contributed by atoms with Crippen molar-refractivity contribution in [2.24, 2.45) is 5.92 Å². The quantitative estimate of drug-likeness (QED) is 0.794. The summed E-state index contributed by atoms with van der Waals surface area (Å²) < 4.78 is 0. The largest absolute Gasteiger partial charge is 0.398 e. The number of rotatable bonds is 1. The van der Waals surface area contributed by atoms with Crippen LogP contribution in [0.1, 0.15) is 37.0 Å². The van der Waals surface area contributed by atoms with Gasteiger partial charge in [0.2, 0.25) is 0 Å². The van der Waals surface area contributed by atoms with E-state index in [0.717, 1.165) is 19.4 Å². The van der Waals surface area contributed by atoms with Crippen molar-refractivity contribution in [1.29, 1.82) is 0 Å². The lowest BCUT2D eigenvalue weighted by Crippen LogP contribution is -2.44. The predicted molar refractivity (Wildman–Crippen MR) is 74.8 cm³/mol. The number of likely N-dealkylation sites (tertiary alicyclic amines) is 1. The Balaban J connectivity index is 2.18. The number of hydrogen-bond donors (Lipinski definition) is 1. The molecule has 3 nitrogen and oxygen atoms in total. The van der Waals surface area contributed by atoms with Crippen LogP contribution in [0.25, 0.3) is 0 Å². The summed E-state index contributed by atoms with van der Waals surface area (Å²) in [6.45, 7) is 5.16. The summed E-state index contributed by atoms with van der Waals surface area (Å²) in [4.78, 5) is 14.3. The summed E-state index contributed by atoms with van der Waals surface area (Å²) in [5.74, 6) is 0.747. The van der Waals surface area contributed by atoms with Crippen LogP contribution in [0.2, 0.25) is 5.02 Å². The van der Waals surface area contributed by atoms with Gasteiger partial charge in [-0.25, -0.2) is 0 Å². The van der Waals surface area contributed by atoms with Crippen molar-refractivity contribution < 1.29 is 4.79 Å². The molecular formula is C14H19ClN2O. The number of piperidine rings is 1. The number of hydrogen-bond acceptors (Lipinski definition) is 2. The van der Waals surface area contributed by atoms with Gasteiger partial charge in [0.05, 0.1) is 10.7 Å². The van der Waals surface area contributed by atoms with Crippen LogP contribution < -0.4 is 5.73 Å². The molecule has 0 spiro atoms. The average molecular weight is 267 g/mol. The van der Waals surface area contributed by atoms with E-state index >= 15 is 0 Å². The molecule has 2 N–H and O–H groups in total. The summed E-state index contributed by atoms with van der Waals surface area (Å²) in [5, 5.41) is 0.492. The molecule has 2 atom stereocenters. The van der Waals surface area contributed by atoms with Gasteiger partial charge in [0.1, 0.15) is 0 Å². The lowest BCUT2D eigenvalue weighted by atomic mass is 9.93. The van der Waals surface area contributed by atoms with Gasteiger partial charge in [-0.1, -0.05) is 18.5 Å². The Morgan fingerprint density at radius 2 is 2.17 bits per heavy atom. The summed E-state index contributed by atoms with van der Waals surface area (Å²) in [5.41, 5.74) is 6.82. The summed E-state index contributed by atoms with van der Waals surface area (Å²) in [7, 11) is 0. The molecule has 1 fully saturated rings. The number of anilines is 1. The standard InChI is InChI=1S/C14H19ClN2O/c1-9-5-6-17(10(2)7-9)14(18)11-3-4-12(15)13(16)8-11/h3-4,8-10H,5-7,16H2,1-2H3. The van der Waals surface area contributed by atoms with Crippen LogP contribution in [-0.2, 0) is 0 Å². The van der Waals surface area contributed by atoms with Gasteiger partial charge in [-0.3, -0.25) is 4.79 Å². The molecular weight excluding hydrogens is 248 g/mol. The Morgan fingerprint density at radius 1 is 1.44 bits per heavy atom. The first kappa shape index (κ1) is 13.2. The average Bonchev–Trinajstić information content (AvgIpc) is 2.32. The Morgan fingerprint density at radius 3 is 2.78 bits per heavy atom. The normalized spacial score (nSPS) is 24.1. The third kappa shape index (κ3) is 2.61. The lowest BCUT2D eigenvalue weighted by molar-refractivity contribution is 0.0588. The van der Waals surface area contributed by atoms with Crippen molar-refractivity contribution in [2.75, 3.05) is 12.3 Å². The van der Waals surface area contributed by atoms with E-state index in [4.69, 9.17) is 17.3 Å². The third-order valence-corrected chi connectivity index (χ3v) is 3.99. The molecule has 1 aliphatic heterocycles. The number of nitrogen functional groups attached to an aromatic ring is 1. The second kappa shape index (κ2) is 5.19. The van der Waals surface area contributed by atoms with Crippen LogP contribution in [-0.4, -0.2) is 23.4 Å². The van der Waals surface area contributed by atoms with Gasteiger partial charge in [-0.15, -0.1) is 0 Å². The summed E-state index contributed by atoms with van der Waals surface area (Å²) in [6, 6.07) is 5.38. The number of halogens is 1. The maximum Gasteiger partial charge on any atom is 0.254 e. The van der Waals surface area contributed by atoms with Crippen LogP contribution in [0.3, 0.4) is 0 Å². The zero-order valence-electron chi connectivity index (χ0n) is 10.8. The fourth-order valence-corrected chi connectivity index (χ4v) is 2.67. The van der Waals surface area contributed by atoms with E-state index in [2.05, 4.69) is 13.8 Å². The number of nitrogens with two attached hydrogens (primary N) is 1. The van der Waals surface area contributed by atoms with E-state index in [-0.39, 0.29) is 11.9 Å². The molecule has 0 saturated carbocycles. The molecule has 18 heavy (non-hydrogen) atoms. The minimum Gasteiger partial charge on any atom is -0.398 e. The van der Waals surface area contributed by atoms with Gasteiger partial charge < -0.3 is 10.6 Å². The molecule has 1 saturated heterocycles. The van der Waals surface area contributed by atoms with Crippen molar-refractivity contribution in [3.63, 3.8) is 0 Å². The highest BCUT2D eigenvalue weighted by atomic mass is 35.5. The van der Waals surface area contributed by atoms with Gasteiger partial charge in [-0.2, -0.15) is 0 Å². The summed E-state index contributed by atoms with van der Waals surface area (Å²) >= 11 is 5.87. The van der Waals surface area contributed by atoms with Crippen molar-refractivity contribution in [3.05, 3.63) is 28.8 Å². The molecule has 1 heterocycles. The highest BCUT2D eigenvalue weighted by Gasteiger charge is 2.27. The zero-order chi connectivity index (χ0) is 13.3. The monoisotopic (exact) mass is 266 g/mol. The molecule has 98 valence electrons. The van der Waals surface area contributed by atoms with Crippen molar-refractivity contribution in [3.8, 4) is 0 Å². The molecule has 1 aliphatic rings. The lowest BCUT2D eigenvalue weighted by Gasteiger charge is -2.36. The van der Waals surface area contributed by atoms with Gasteiger partial charge in [0.15, 0.2) is 0 Å². The Bertz CT molecular complexity index is 461. The molecule has 0 bridgehead atoms. The van der Waals surface area contributed by atoms with Crippen molar-refractivity contribution in [2.45, 2.75) is 32.7 Å². The van der Waals surface area contributed by atoms with E-state index in [1.54, 1.807) is 18.2 Å². The Hall–Kier alpha value is -1.22. The highest BCUT2D eigenvalue weighted by molar-refractivity contribution is 6.33. The minimum absolute atomic E-state index is 0.0535. The maximum atomic E-state index is 12.4. The molecule has 4 heteroatoms. The van der Waals surface area contributed by atoms with Crippen LogP contribution in [0.4, 0.5) is 5.69 Å². The van der Waals surface area contributed by atoms with Crippen LogP contribution in [0, 0.1) is 5.92 Å². The van der Waals surface area contributed by atoms with Crippen LogP contribution in [0.15, 0.2) is 18.2 Å². The fraction of sp³-hybridized carbons (Fsp3) is 0.500. The topological polar surface area (TPSA) is 46.3 Å². The van der Waals surface area contributed by atoms with Crippen LogP contribution >= 0.6 is 11.6 Å². The molecule has 1 aromatic carbocycles. The highest BCUT2D eigenvalue weighted by Crippen LogP contribution is 2.25. The first-order valence-corrected chi connectivity index (χ1v) is 6.73. The van der Waals surface area contributed by atoms with Gasteiger partial charge >= 0.3 is 0 Å². The molecule has 0 radical (unpaired) electrons. The fourth-order valence-electron chi connectivity index (χ4n) is 2.55.